The number of hydrogen-bond acceptors (Lipinski definition) is 6. The fourth-order valence-corrected chi connectivity index (χ4v) is 7.28. The molecule has 3 aliphatic rings. The average molecular weight is 603 g/mol. The predicted octanol–water partition coefficient (Wildman–Crippen LogP) is 5.73. The number of aryl methyl sites for hydroxylation is 2. The molecule has 3 aromatic rings. The van der Waals surface area contributed by atoms with Crippen molar-refractivity contribution in [3.8, 4) is 16.9 Å². The summed E-state index contributed by atoms with van der Waals surface area (Å²) in [4.78, 5) is 17.3. The summed E-state index contributed by atoms with van der Waals surface area (Å²) < 4.78 is 69.3. The van der Waals surface area contributed by atoms with Crippen molar-refractivity contribution in [2.24, 2.45) is 0 Å². The second kappa shape index (κ2) is 8.49. The third-order valence-electron chi connectivity index (χ3n) is 9.51. The summed E-state index contributed by atoms with van der Waals surface area (Å²) in [6.45, 7) is 11.3. The Hall–Kier alpha value is -2.60. The Morgan fingerprint density at radius 1 is 1.05 bits per heavy atom. The lowest BCUT2D eigenvalue weighted by Crippen LogP contribution is -2.41. The lowest BCUT2D eigenvalue weighted by atomic mass is 9.74. The Bertz CT molecular complexity index is 1820. The summed E-state index contributed by atoms with van der Waals surface area (Å²) in [5.41, 5.74) is -1.35. The van der Waals surface area contributed by atoms with Gasteiger partial charge in [-0.05, 0) is 83.7 Å². The van der Waals surface area contributed by atoms with Gasteiger partial charge in [-0.25, -0.2) is 17.2 Å². The van der Waals surface area contributed by atoms with Gasteiger partial charge in [0.25, 0.3) is 5.56 Å². The summed E-state index contributed by atoms with van der Waals surface area (Å²) in [6, 6.07) is 5.46. The number of pyridine rings is 2. The van der Waals surface area contributed by atoms with Crippen LogP contribution in [0.3, 0.4) is 0 Å². The highest BCUT2D eigenvalue weighted by Crippen LogP contribution is 2.94. The Kier molecular flexibility index (Phi) is 5.91. The van der Waals surface area contributed by atoms with Gasteiger partial charge in [-0.3, -0.25) is 14.3 Å². The summed E-state index contributed by atoms with van der Waals surface area (Å²) in [5.74, 6) is -2.08. The van der Waals surface area contributed by atoms with Crippen LogP contribution in [0.2, 0.25) is 10.3 Å². The Morgan fingerprint density at radius 3 is 2.24 bits per heavy atom. The lowest BCUT2D eigenvalue weighted by molar-refractivity contribution is 0.00578. The maximum Gasteiger partial charge on any atom is 0.465 e. The van der Waals surface area contributed by atoms with Crippen molar-refractivity contribution in [2.75, 3.05) is 6.26 Å². The van der Waals surface area contributed by atoms with Crippen molar-refractivity contribution < 1.29 is 26.5 Å². The maximum absolute atomic E-state index is 16.2. The second-order valence-corrected chi connectivity index (χ2v) is 15.0. The van der Waals surface area contributed by atoms with E-state index < -0.39 is 55.9 Å². The van der Waals surface area contributed by atoms with Crippen LogP contribution in [0.4, 0.5) is 8.78 Å². The third kappa shape index (κ3) is 3.85. The quantitative estimate of drug-likeness (QED) is 0.347. The van der Waals surface area contributed by atoms with E-state index in [0.717, 1.165) is 29.7 Å². The predicted molar refractivity (Wildman–Crippen MR) is 152 cm³/mol. The first-order chi connectivity index (χ1) is 18.9. The first-order valence-electron chi connectivity index (χ1n) is 13.3. The van der Waals surface area contributed by atoms with Crippen LogP contribution in [-0.2, 0) is 24.6 Å². The molecule has 1 saturated heterocycles. The number of benzene rings is 1. The van der Waals surface area contributed by atoms with Gasteiger partial charge >= 0.3 is 7.12 Å². The molecule has 0 spiro atoms. The van der Waals surface area contributed by atoms with E-state index in [1.165, 1.54) is 18.3 Å². The largest absolute Gasteiger partial charge is 0.465 e. The lowest BCUT2D eigenvalue weighted by Gasteiger charge is -2.32. The number of aromatic nitrogens is 2. The van der Waals surface area contributed by atoms with Gasteiger partial charge in [-0.1, -0.05) is 17.7 Å². The molecule has 3 fully saturated rings. The van der Waals surface area contributed by atoms with Gasteiger partial charge in [-0.2, -0.15) is 0 Å². The number of nitrogens with zero attached hydrogens (tertiary/aromatic N) is 2. The normalized spacial score (nSPS) is 25.8. The van der Waals surface area contributed by atoms with E-state index in [0.29, 0.717) is 16.8 Å². The minimum Gasteiger partial charge on any atom is -0.403 e. The first-order valence-corrected chi connectivity index (χ1v) is 15.6. The molecule has 6 rings (SSSR count). The zero-order valence-corrected chi connectivity index (χ0v) is 25.4. The van der Waals surface area contributed by atoms with Gasteiger partial charge < -0.3 is 9.31 Å². The molecular formula is C29H30BClF2N2O5S. The van der Waals surface area contributed by atoms with Crippen LogP contribution in [0.25, 0.3) is 16.9 Å². The number of fused-ring (bicyclic) bond motifs is 1. The molecule has 0 unspecified atom stereocenters. The molecule has 1 aliphatic heterocycles. The monoisotopic (exact) mass is 602 g/mol. The molecule has 12 heteroatoms. The second-order valence-electron chi connectivity index (χ2n) is 12.7. The zero-order valence-electron chi connectivity index (χ0n) is 23.9. The van der Waals surface area contributed by atoms with Gasteiger partial charge in [-0.15, -0.1) is 0 Å². The molecule has 1 aromatic carbocycles. The van der Waals surface area contributed by atoms with Gasteiger partial charge in [0.1, 0.15) is 15.6 Å². The molecule has 2 saturated carbocycles. The van der Waals surface area contributed by atoms with E-state index in [-0.39, 0.29) is 27.0 Å². The molecule has 0 amide bonds. The van der Waals surface area contributed by atoms with E-state index in [4.69, 9.17) is 20.9 Å². The average Bonchev–Trinajstić information content (AvgIpc) is 3.68. The molecule has 3 heterocycles. The molecule has 216 valence electrons. The highest BCUT2D eigenvalue weighted by molar-refractivity contribution is 7.90. The fraction of sp³-hybridized carbons (Fsp3) is 0.448. The fourth-order valence-electron chi connectivity index (χ4n) is 6.20. The molecule has 2 aromatic heterocycles. The van der Waals surface area contributed by atoms with Crippen LogP contribution in [0, 0.1) is 25.5 Å². The van der Waals surface area contributed by atoms with Crippen LogP contribution in [-0.4, -0.2) is 42.5 Å². The summed E-state index contributed by atoms with van der Waals surface area (Å²) in [6.07, 6.45) is 3.72. The minimum atomic E-state index is -3.92. The highest BCUT2D eigenvalue weighted by atomic mass is 35.5. The molecule has 0 N–H and O–H groups in total. The van der Waals surface area contributed by atoms with Crippen LogP contribution >= 0.6 is 11.6 Å². The zero-order chi connectivity index (χ0) is 30.1. The van der Waals surface area contributed by atoms with Crippen molar-refractivity contribution in [2.45, 2.75) is 81.2 Å². The standard InChI is InChI=1S/C29H30BClF2N2O5S/c1-15-12-34-23(17-9-8-10-19(21(17)32)41(7,37)38)22(33)24(15)35-16(2)11-18(20(31)25(35)36)28-13-29(28,14-28)30-39-26(3,4)27(5,6)40-30/h8-12H,13-14H2,1-7H3. The molecule has 0 atom stereocenters. The van der Waals surface area contributed by atoms with Crippen molar-refractivity contribution in [1.82, 2.24) is 9.55 Å². The number of halogens is 3. The van der Waals surface area contributed by atoms with Crippen molar-refractivity contribution in [3.63, 3.8) is 0 Å². The third-order valence-corrected chi connectivity index (χ3v) is 11.0. The van der Waals surface area contributed by atoms with E-state index in [1.54, 1.807) is 19.9 Å². The highest BCUT2D eigenvalue weighted by Gasteiger charge is 2.91. The molecule has 0 bridgehead atoms. The SMILES string of the molecule is Cc1cnc(-c2cccc(S(C)(=O)=O)c2F)c(F)c1-n1c(C)cc(C23CC2(B2OC(C)(C)C(C)(C)O2)C3)c(Cl)c1=O. The Labute approximate surface area is 242 Å². The Balaban J connectivity index is 1.43. The molecule has 2 aliphatic carbocycles. The van der Waals surface area contributed by atoms with Crippen LogP contribution in [0.5, 0.6) is 0 Å². The van der Waals surface area contributed by atoms with E-state index in [2.05, 4.69) is 4.98 Å². The molecule has 41 heavy (non-hydrogen) atoms. The topological polar surface area (TPSA) is 87.5 Å². The van der Waals surface area contributed by atoms with Crippen LogP contribution in [0.1, 0.15) is 57.4 Å². The minimum absolute atomic E-state index is 0.0195. The smallest absolute Gasteiger partial charge is 0.403 e. The molecular weight excluding hydrogens is 573 g/mol. The van der Waals surface area contributed by atoms with Gasteiger partial charge in [0.05, 0.1) is 16.9 Å². The van der Waals surface area contributed by atoms with Crippen molar-refractivity contribution in [1.29, 1.82) is 0 Å². The Morgan fingerprint density at radius 2 is 1.66 bits per heavy atom. The number of hydrogen-bond donors (Lipinski definition) is 0. The molecule has 0 radical (unpaired) electrons. The van der Waals surface area contributed by atoms with E-state index in [9.17, 15) is 13.2 Å². The van der Waals surface area contributed by atoms with E-state index in [1.807, 2.05) is 27.7 Å². The van der Waals surface area contributed by atoms with Gasteiger partial charge in [0, 0.05) is 34.4 Å². The van der Waals surface area contributed by atoms with Crippen LogP contribution in [0.15, 0.2) is 40.2 Å². The summed E-state index contributed by atoms with van der Waals surface area (Å²) in [7, 11) is -4.34. The number of sulfone groups is 1. The van der Waals surface area contributed by atoms with Gasteiger partial charge in [0.15, 0.2) is 21.5 Å². The van der Waals surface area contributed by atoms with Crippen molar-refractivity contribution in [3.05, 3.63) is 74.3 Å². The first kappa shape index (κ1) is 28.5. The van der Waals surface area contributed by atoms with Gasteiger partial charge in [0.2, 0.25) is 0 Å². The molecule has 7 nitrogen and oxygen atoms in total. The van der Waals surface area contributed by atoms with Crippen LogP contribution < -0.4 is 5.56 Å². The van der Waals surface area contributed by atoms with E-state index >= 15 is 8.78 Å². The van der Waals surface area contributed by atoms with Crippen molar-refractivity contribution >= 4 is 28.6 Å². The number of rotatable bonds is 5. The maximum atomic E-state index is 16.2. The summed E-state index contributed by atoms with van der Waals surface area (Å²) >= 11 is 6.73. The summed E-state index contributed by atoms with van der Waals surface area (Å²) in [5, 5.41) is -0.284.